The summed E-state index contributed by atoms with van der Waals surface area (Å²) in [6.07, 6.45) is 3.08. The van der Waals surface area contributed by atoms with E-state index in [9.17, 15) is 4.79 Å². The number of aromatic nitrogens is 5. The van der Waals surface area contributed by atoms with E-state index in [0.29, 0.717) is 17.1 Å². The highest BCUT2D eigenvalue weighted by molar-refractivity contribution is 6.04. The Morgan fingerprint density at radius 1 is 1.15 bits per heavy atom. The molecule has 4 rings (SSSR count). The molecule has 8 nitrogen and oxygen atoms in total. The predicted molar refractivity (Wildman–Crippen MR) is 95.6 cm³/mol. The maximum Gasteiger partial charge on any atom is 0.258 e. The van der Waals surface area contributed by atoms with Crippen molar-refractivity contribution in [2.24, 2.45) is 0 Å². The molecule has 0 bridgehead atoms. The molecule has 3 heterocycles. The lowest BCUT2D eigenvalue weighted by atomic mass is 10.2. The monoisotopic (exact) mass is 348 g/mol. The van der Waals surface area contributed by atoms with E-state index in [0.717, 1.165) is 11.0 Å². The summed E-state index contributed by atoms with van der Waals surface area (Å²) in [6.45, 7) is 4.11. The number of fused-ring (bicyclic) bond motifs is 1. The number of hydrogen-bond acceptors (Lipinski definition) is 6. The summed E-state index contributed by atoms with van der Waals surface area (Å²) in [4.78, 5) is 21.0. The minimum absolute atomic E-state index is 0.135. The summed E-state index contributed by atoms with van der Waals surface area (Å²) in [6, 6.07) is 11.3. The van der Waals surface area contributed by atoms with Crippen LogP contribution in [0.5, 0.6) is 0 Å². The Hall–Kier alpha value is -3.55. The number of rotatable bonds is 4. The highest BCUT2D eigenvalue weighted by atomic mass is 16.6. The quantitative estimate of drug-likeness (QED) is 0.607. The molecule has 0 radical (unpaired) electrons. The molecule has 4 aromatic rings. The van der Waals surface area contributed by atoms with Crippen LogP contribution in [0.3, 0.4) is 0 Å². The van der Waals surface area contributed by atoms with Crippen molar-refractivity contribution in [1.29, 1.82) is 0 Å². The Morgan fingerprint density at radius 2 is 2.00 bits per heavy atom. The van der Waals surface area contributed by atoms with E-state index in [2.05, 4.69) is 39.4 Å². The number of amides is 1. The van der Waals surface area contributed by atoms with Crippen LogP contribution in [0, 0.1) is 0 Å². The minimum Gasteiger partial charge on any atom is -0.320 e. The molecule has 0 fully saturated rings. The van der Waals surface area contributed by atoms with Crippen molar-refractivity contribution in [2.45, 2.75) is 19.9 Å². The van der Waals surface area contributed by atoms with Gasteiger partial charge >= 0.3 is 0 Å². The third-order valence-corrected chi connectivity index (χ3v) is 3.97. The van der Waals surface area contributed by atoms with Crippen LogP contribution in [0.2, 0.25) is 0 Å². The summed E-state index contributed by atoms with van der Waals surface area (Å²) >= 11 is 0. The SMILES string of the molecule is CC(C)n1c(-c2nonc2NC(=O)c2cccnc2)nc2ccccc21. The molecule has 0 atom stereocenters. The van der Waals surface area contributed by atoms with Crippen molar-refractivity contribution in [2.75, 3.05) is 5.32 Å². The van der Waals surface area contributed by atoms with Crippen LogP contribution >= 0.6 is 0 Å². The molecule has 0 aliphatic carbocycles. The number of para-hydroxylation sites is 2. The van der Waals surface area contributed by atoms with Crippen molar-refractivity contribution in [3.63, 3.8) is 0 Å². The van der Waals surface area contributed by atoms with Crippen molar-refractivity contribution in [3.8, 4) is 11.5 Å². The fourth-order valence-corrected chi connectivity index (χ4v) is 2.83. The van der Waals surface area contributed by atoms with Gasteiger partial charge in [-0.05, 0) is 48.4 Å². The summed E-state index contributed by atoms with van der Waals surface area (Å²) in [5.41, 5.74) is 2.61. The number of carbonyl (C=O) groups excluding carboxylic acids is 1. The van der Waals surface area contributed by atoms with Gasteiger partial charge in [-0.1, -0.05) is 12.1 Å². The van der Waals surface area contributed by atoms with E-state index in [1.165, 1.54) is 6.20 Å². The molecule has 130 valence electrons. The van der Waals surface area contributed by atoms with Gasteiger partial charge in [0.2, 0.25) is 5.82 Å². The topological polar surface area (TPSA) is 98.7 Å². The molecule has 0 aliphatic rings. The molecule has 26 heavy (non-hydrogen) atoms. The molecule has 8 heteroatoms. The molecule has 3 aromatic heterocycles. The summed E-state index contributed by atoms with van der Waals surface area (Å²) < 4.78 is 6.92. The fourth-order valence-electron chi connectivity index (χ4n) is 2.83. The van der Waals surface area contributed by atoms with Crippen molar-refractivity contribution in [3.05, 3.63) is 54.4 Å². The Morgan fingerprint density at radius 3 is 2.77 bits per heavy atom. The van der Waals surface area contributed by atoms with Gasteiger partial charge in [0.25, 0.3) is 5.91 Å². The molecule has 0 saturated heterocycles. The number of carbonyl (C=O) groups is 1. The van der Waals surface area contributed by atoms with Crippen LogP contribution in [0.4, 0.5) is 5.82 Å². The summed E-state index contributed by atoms with van der Waals surface area (Å²) in [5.74, 6) is 0.460. The minimum atomic E-state index is -0.345. The highest BCUT2D eigenvalue weighted by Gasteiger charge is 2.23. The van der Waals surface area contributed by atoms with E-state index in [1.54, 1.807) is 18.3 Å². The summed E-state index contributed by atoms with van der Waals surface area (Å²) in [5, 5.41) is 10.5. The average Bonchev–Trinajstić information content (AvgIpc) is 3.26. The van der Waals surface area contributed by atoms with Crippen molar-refractivity contribution in [1.82, 2.24) is 24.8 Å². The molecule has 1 aromatic carbocycles. The van der Waals surface area contributed by atoms with E-state index < -0.39 is 0 Å². The van der Waals surface area contributed by atoms with Crippen LogP contribution < -0.4 is 5.32 Å². The highest BCUT2D eigenvalue weighted by Crippen LogP contribution is 2.30. The number of nitrogens with zero attached hydrogens (tertiary/aromatic N) is 5. The normalized spacial score (nSPS) is 11.2. The first-order valence-corrected chi connectivity index (χ1v) is 8.16. The van der Waals surface area contributed by atoms with Crippen LogP contribution in [-0.4, -0.2) is 30.8 Å². The van der Waals surface area contributed by atoms with Gasteiger partial charge in [-0.3, -0.25) is 9.78 Å². The smallest absolute Gasteiger partial charge is 0.258 e. The van der Waals surface area contributed by atoms with Gasteiger partial charge in [0.15, 0.2) is 11.5 Å². The van der Waals surface area contributed by atoms with Crippen molar-refractivity contribution >= 4 is 22.8 Å². The maximum absolute atomic E-state index is 12.4. The first kappa shape index (κ1) is 15.9. The number of anilines is 1. The zero-order chi connectivity index (χ0) is 18.1. The van der Waals surface area contributed by atoms with Gasteiger partial charge in [-0.25, -0.2) is 9.61 Å². The Balaban J connectivity index is 1.77. The van der Waals surface area contributed by atoms with Crippen molar-refractivity contribution < 1.29 is 9.42 Å². The number of hydrogen-bond donors (Lipinski definition) is 1. The lowest BCUT2D eigenvalue weighted by molar-refractivity contribution is 0.102. The first-order valence-electron chi connectivity index (χ1n) is 8.16. The molecule has 0 saturated carbocycles. The molecule has 0 aliphatic heterocycles. The van der Waals surface area contributed by atoms with E-state index in [-0.39, 0.29) is 17.8 Å². The predicted octanol–water partition coefficient (Wildman–Crippen LogP) is 3.31. The second-order valence-corrected chi connectivity index (χ2v) is 6.05. The standard InChI is InChI=1S/C18H16N6O2/c1-11(2)24-14-8-4-3-7-13(14)20-17(24)15-16(23-26-22-15)21-18(25)12-6-5-9-19-10-12/h3-11H,1-2H3,(H,21,23,25). The molecule has 0 spiro atoms. The fraction of sp³-hybridized carbons (Fsp3) is 0.167. The van der Waals surface area contributed by atoms with Crippen LogP contribution in [0.1, 0.15) is 30.2 Å². The van der Waals surface area contributed by atoms with Gasteiger partial charge in [-0.2, -0.15) is 0 Å². The number of imidazole rings is 1. The number of benzene rings is 1. The van der Waals surface area contributed by atoms with Crippen LogP contribution in [-0.2, 0) is 0 Å². The lowest BCUT2D eigenvalue weighted by Gasteiger charge is -2.12. The second kappa shape index (κ2) is 6.40. The van der Waals surface area contributed by atoms with E-state index >= 15 is 0 Å². The van der Waals surface area contributed by atoms with Gasteiger partial charge < -0.3 is 9.88 Å². The summed E-state index contributed by atoms with van der Waals surface area (Å²) in [7, 11) is 0. The molecule has 0 unspecified atom stereocenters. The maximum atomic E-state index is 12.4. The first-order chi connectivity index (χ1) is 12.6. The van der Waals surface area contributed by atoms with Gasteiger partial charge in [-0.15, -0.1) is 0 Å². The molecule has 1 N–H and O–H groups in total. The zero-order valence-electron chi connectivity index (χ0n) is 14.2. The Labute approximate surface area is 148 Å². The van der Waals surface area contributed by atoms with E-state index in [1.807, 2.05) is 28.8 Å². The average molecular weight is 348 g/mol. The zero-order valence-corrected chi connectivity index (χ0v) is 14.2. The number of pyridine rings is 1. The Kier molecular flexibility index (Phi) is 3.92. The largest absolute Gasteiger partial charge is 0.320 e. The van der Waals surface area contributed by atoms with Gasteiger partial charge in [0.05, 0.1) is 16.6 Å². The third kappa shape index (κ3) is 2.71. The number of nitrogens with one attached hydrogen (secondary N) is 1. The third-order valence-electron chi connectivity index (χ3n) is 3.97. The van der Waals surface area contributed by atoms with Crippen LogP contribution in [0.25, 0.3) is 22.6 Å². The second-order valence-electron chi connectivity index (χ2n) is 6.05. The van der Waals surface area contributed by atoms with E-state index in [4.69, 9.17) is 4.63 Å². The molecule has 1 amide bonds. The molecular formula is C18H16N6O2. The Bertz CT molecular complexity index is 1070. The van der Waals surface area contributed by atoms with Gasteiger partial charge in [0, 0.05) is 18.4 Å². The van der Waals surface area contributed by atoms with Gasteiger partial charge in [0.1, 0.15) is 0 Å². The lowest BCUT2D eigenvalue weighted by Crippen LogP contribution is -2.13. The molecular weight excluding hydrogens is 332 g/mol. The van der Waals surface area contributed by atoms with Crippen LogP contribution in [0.15, 0.2) is 53.4 Å².